The average molecular weight is 495 g/mol. The van der Waals surface area contributed by atoms with E-state index in [-0.39, 0.29) is 17.7 Å². The molecule has 3 unspecified atom stereocenters. The number of thioether (sulfide) groups is 1. The van der Waals surface area contributed by atoms with E-state index in [1.807, 2.05) is 12.1 Å². The van der Waals surface area contributed by atoms with Crippen LogP contribution in [-0.2, 0) is 13.0 Å². The maximum absolute atomic E-state index is 10.8. The van der Waals surface area contributed by atoms with Crippen LogP contribution >= 0.6 is 11.8 Å². The van der Waals surface area contributed by atoms with Crippen molar-refractivity contribution in [2.45, 2.75) is 29.8 Å². The Morgan fingerprint density at radius 2 is 1.75 bits per heavy atom. The molecular formula is C31H30N2O2S. The molecule has 0 saturated carbocycles. The SMILES string of the molecule is COc1cc(C2Nc3ccc(CN)cc3C3c4ccccc4CC23)c(-c2ccccc2SC)cc1O. The fourth-order valence-corrected chi connectivity index (χ4v) is 6.76. The van der Waals surface area contributed by atoms with Gasteiger partial charge in [0.2, 0.25) is 0 Å². The zero-order chi connectivity index (χ0) is 24.8. The van der Waals surface area contributed by atoms with Crippen LogP contribution in [0, 0.1) is 5.92 Å². The fourth-order valence-electron chi connectivity index (χ4n) is 6.15. The van der Waals surface area contributed by atoms with Gasteiger partial charge in [-0.2, -0.15) is 0 Å². The van der Waals surface area contributed by atoms with E-state index in [2.05, 4.69) is 78.3 Å². The number of anilines is 1. The molecule has 0 saturated heterocycles. The third-order valence-electron chi connectivity index (χ3n) is 7.78. The average Bonchev–Trinajstić information content (AvgIpc) is 3.32. The molecule has 0 amide bonds. The highest BCUT2D eigenvalue weighted by Crippen LogP contribution is 2.56. The Bertz CT molecular complexity index is 1450. The molecule has 0 fully saturated rings. The second kappa shape index (κ2) is 9.23. The zero-order valence-corrected chi connectivity index (χ0v) is 21.3. The van der Waals surface area contributed by atoms with Crippen molar-refractivity contribution in [1.82, 2.24) is 0 Å². The normalized spacial score (nSPS) is 19.7. The van der Waals surface area contributed by atoms with Gasteiger partial charge in [0.15, 0.2) is 11.5 Å². The number of hydrogen-bond acceptors (Lipinski definition) is 5. The summed E-state index contributed by atoms with van der Waals surface area (Å²) in [7, 11) is 1.61. The molecule has 36 heavy (non-hydrogen) atoms. The van der Waals surface area contributed by atoms with Gasteiger partial charge in [-0.3, -0.25) is 0 Å². The predicted molar refractivity (Wildman–Crippen MR) is 148 cm³/mol. The summed E-state index contributed by atoms with van der Waals surface area (Å²) in [5.41, 5.74) is 15.8. The van der Waals surface area contributed by atoms with Crippen LogP contribution in [0.15, 0.2) is 83.8 Å². The molecule has 5 heteroatoms. The van der Waals surface area contributed by atoms with Gasteiger partial charge in [0.05, 0.1) is 13.2 Å². The van der Waals surface area contributed by atoms with Crippen molar-refractivity contribution in [1.29, 1.82) is 0 Å². The molecular weight excluding hydrogens is 464 g/mol. The van der Waals surface area contributed by atoms with Crippen molar-refractivity contribution >= 4 is 17.4 Å². The standard InChI is InChI=1S/C31H30N2O2S/c1-35-28-16-23(22(15-27(28)34)21-9-5-6-10-29(21)36-2)31-25-14-19-7-3-4-8-20(19)30(25)24-13-18(17-32)11-12-26(24)33-31/h3-13,15-16,25,30-31,33-34H,14,17,32H2,1-2H3. The maximum atomic E-state index is 10.8. The summed E-state index contributed by atoms with van der Waals surface area (Å²) in [6.07, 6.45) is 3.08. The number of phenolic OH excluding ortho intramolecular Hbond substituents is 1. The summed E-state index contributed by atoms with van der Waals surface area (Å²) in [6.45, 7) is 0.528. The molecule has 4 N–H and O–H groups in total. The van der Waals surface area contributed by atoms with Crippen molar-refractivity contribution in [3.63, 3.8) is 0 Å². The highest BCUT2D eigenvalue weighted by molar-refractivity contribution is 7.98. The largest absolute Gasteiger partial charge is 0.504 e. The fraction of sp³-hybridized carbons (Fsp3) is 0.226. The number of phenols is 1. The summed E-state index contributed by atoms with van der Waals surface area (Å²) >= 11 is 1.72. The van der Waals surface area contributed by atoms with E-state index in [9.17, 15) is 5.11 Å². The summed E-state index contributed by atoms with van der Waals surface area (Å²) in [5, 5.41) is 14.7. The molecule has 1 aliphatic heterocycles. The zero-order valence-electron chi connectivity index (χ0n) is 20.5. The van der Waals surface area contributed by atoms with E-state index >= 15 is 0 Å². The number of nitrogens with two attached hydrogens (primary N) is 1. The van der Waals surface area contributed by atoms with Gasteiger partial charge in [-0.05, 0) is 81.8 Å². The number of benzene rings is 4. The lowest BCUT2D eigenvalue weighted by Crippen LogP contribution is -2.31. The highest BCUT2D eigenvalue weighted by atomic mass is 32.2. The molecule has 1 aliphatic carbocycles. The first kappa shape index (κ1) is 23.0. The van der Waals surface area contributed by atoms with E-state index in [1.54, 1.807) is 18.9 Å². The van der Waals surface area contributed by atoms with Crippen molar-refractivity contribution in [3.05, 3.63) is 107 Å². The van der Waals surface area contributed by atoms with E-state index in [0.29, 0.717) is 18.2 Å². The van der Waals surface area contributed by atoms with Gasteiger partial charge in [0.1, 0.15) is 0 Å². The minimum absolute atomic E-state index is 0.0399. The minimum Gasteiger partial charge on any atom is -0.504 e. The topological polar surface area (TPSA) is 67.5 Å². The van der Waals surface area contributed by atoms with Crippen LogP contribution in [0.4, 0.5) is 5.69 Å². The van der Waals surface area contributed by atoms with Crippen molar-refractivity contribution < 1.29 is 9.84 Å². The molecule has 0 aromatic heterocycles. The summed E-state index contributed by atoms with van der Waals surface area (Å²) in [5.74, 6) is 1.24. The number of aromatic hydroxyl groups is 1. The Morgan fingerprint density at radius 1 is 0.944 bits per heavy atom. The van der Waals surface area contributed by atoms with Gasteiger partial charge < -0.3 is 20.9 Å². The molecule has 2 aliphatic rings. The number of nitrogens with one attached hydrogen (secondary N) is 1. The Kier molecular flexibility index (Phi) is 5.90. The van der Waals surface area contributed by atoms with Crippen LogP contribution in [0.5, 0.6) is 11.5 Å². The van der Waals surface area contributed by atoms with Crippen LogP contribution in [-0.4, -0.2) is 18.5 Å². The van der Waals surface area contributed by atoms with Crippen LogP contribution in [0.3, 0.4) is 0 Å². The second-order valence-electron chi connectivity index (χ2n) is 9.60. The Morgan fingerprint density at radius 3 is 2.56 bits per heavy atom. The molecule has 1 heterocycles. The molecule has 182 valence electrons. The number of hydrogen-bond donors (Lipinski definition) is 3. The van der Waals surface area contributed by atoms with Crippen molar-refractivity contribution in [3.8, 4) is 22.6 Å². The summed E-state index contributed by atoms with van der Waals surface area (Å²) in [6, 6.07) is 27.7. The van der Waals surface area contributed by atoms with Crippen LogP contribution in [0.1, 0.15) is 39.8 Å². The van der Waals surface area contributed by atoms with Gasteiger partial charge in [-0.1, -0.05) is 54.6 Å². The molecule has 4 nitrogen and oxygen atoms in total. The first-order valence-electron chi connectivity index (χ1n) is 12.3. The minimum atomic E-state index is 0.0399. The van der Waals surface area contributed by atoms with Crippen LogP contribution in [0.2, 0.25) is 0 Å². The van der Waals surface area contributed by atoms with Gasteiger partial charge >= 0.3 is 0 Å². The Labute approximate surface area is 216 Å². The lowest BCUT2D eigenvalue weighted by molar-refractivity contribution is 0.370. The quantitative estimate of drug-likeness (QED) is 0.269. The Hall–Kier alpha value is -3.41. The summed E-state index contributed by atoms with van der Waals surface area (Å²) < 4.78 is 5.60. The van der Waals surface area contributed by atoms with Crippen LogP contribution in [0.25, 0.3) is 11.1 Å². The molecule has 4 aromatic carbocycles. The van der Waals surface area contributed by atoms with E-state index < -0.39 is 0 Å². The van der Waals surface area contributed by atoms with E-state index in [0.717, 1.165) is 34.4 Å². The third kappa shape index (κ3) is 3.66. The number of rotatable bonds is 5. The van der Waals surface area contributed by atoms with Crippen LogP contribution < -0.4 is 15.8 Å². The Balaban J connectivity index is 1.58. The van der Waals surface area contributed by atoms with Gasteiger partial charge in [-0.25, -0.2) is 0 Å². The molecule has 0 bridgehead atoms. The van der Waals surface area contributed by atoms with Crippen molar-refractivity contribution in [2.75, 3.05) is 18.7 Å². The highest BCUT2D eigenvalue weighted by Gasteiger charge is 2.44. The lowest BCUT2D eigenvalue weighted by Gasteiger charge is -2.39. The van der Waals surface area contributed by atoms with Crippen molar-refractivity contribution in [2.24, 2.45) is 11.7 Å². The third-order valence-corrected chi connectivity index (χ3v) is 8.58. The second-order valence-corrected chi connectivity index (χ2v) is 10.5. The maximum Gasteiger partial charge on any atom is 0.160 e. The molecule has 4 aromatic rings. The molecule has 0 spiro atoms. The monoisotopic (exact) mass is 494 g/mol. The number of fused-ring (bicyclic) bond motifs is 5. The predicted octanol–water partition coefficient (Wildman–Crippen LogP) is 6.72. The van der Waals surface area contributed by atoms with E-state index in [4.69, 9.17) is 10.5 Å². The number of ether oxygens (including phenoxy) is 1. The number of methoxy groups -OCH3 is 1. The molecule has 6 rings (SSSR count). The first-order valence-corrected chi connectivity index (χ1v) is 13.6. The van der Waals surface area contributed by atoms with E-state index in [1.165, 1.54) is 21.6 Å². The lowest BCUT2D eigenvalue weighted by atomic mass is 9.74. The molecule has 3 atom stereocenters. The smallest absolute Gasteiger partial charge is 0.160 e. The summed E-state index contributed by atoms with van der Waals surface area (Å²) in [4.78, 5) is 1.18. The van der Waals surface area contributed by atoms with Gasteiger partial charge in [-0.15, -0.1) is 11.8 Å². The first-order chi connectivity index (χ1) is 17.6. The molecule has 0 radical (unpaired) electrons. The van der Waals surface area contributed by atoms with Gasteiger partial charge in [0, 0.05) is 23.0 Å². The van der Waals surface area contributed by atoms with Gasteiger partial charge in [0.25, 0.3) is 0 Å².